The van der Waals surface area contributed by atoms with E-state index in [9.17, 15) is 13.6 Å². The Bertz CT molecular complexity index is 442. The minimum Gasteiger partial charge on any atom is -0.435 e. The highest BCUT2D eigenvalue weighted by Crippen LogP contribution is 2.28. The zero-order chi connectivity index (χ0) is 13.0. The molecule has 1 N–H and O–H groups in total. The Morgan fingerprint density at radius 1 is 1.39 bits per heavy atom. The molecule has 1 saturated carbocycles. The van der Waals surface area contributed by atoms with Crippen LogP contribution in [0.25, 0.3) is 0 Å². The van der Waals surface area contributed by atoms with Crippen molar-refractivity contribution in [3.05, 3.63) is 29.8 Å². The van der Waals surface area contributed by atoms with Crippen LogP contribution in [0.4, 0.5) is 8.78 Å². The zero-order valence-electron chi connectivity index (χ0n) is 9.48. The van der Waals surface area contributed by atoms with E-state index >= 15 is 0 Å². The lowest BCUT2D eigenvalue weighted by Gasteiger charge is -2.03. The van der Waals surface area contributed by atoms with Gasteiger partial charge >= 0.3 is 6.61 Å². The molecule has 1 aromatic rings. The molecule has 1 amide bonds. The smallest absolute Gasteiger partial charge is 0.387 e. The second-order valence-corrected chi connectivity index (χ2v) is 3.96. The van der Waals surface area contributed by atoms with Crippen molar-refractivity contribution in [2.75, 3.05) is 0 Å². The average molecular weight is 254 g/mol. The highest BCUT2D eigenvalue weighted by molar-refractivity contribution is 5.84. The molecule has 2 rings (SSSR count). The van der Waals surface area contributed by atoms with Gasteiger partial charge in [0.1, 0.15) is 5.75 Å². The van der Waals surface area contributed by atoms with E-state index in [1.54, 1.807) is 12.1 Å². The number of amides is 1. The van der Waals surface area contributed by atoms with E-state index in [0.717, 1.165) is 12.8 Å². The van der Waals surface area contributed by atoms with Gasteiger partial charge in [-0.3, -0.25) is 4.79 Å². The SMILES string of the molecule is O=C(NN=Cc1ccc(OC(F)F)cc1)C1CC1. The van der Waals surface area contributed by atoms with Crippen molar-refractivity contribution in [2.45, 2.75) is 19.5 Å². The first kappa shape index (κ1) is 12.5. The summed E-state index contributed by atoms with van der Waals surface area (Å²) < 4.78 is 28.0. The molecular formula is C12H12F2N2O2. The van der Waals surface area contributed by atoms with Crippen LogP contribution in [0.3, 0.4) is 0 Å². The number of ether oxygens (including phenoxy) is 1. The number of hydrogen-bond donors (Lipinski definition) is 1. The first-order valence-corrected chi connectivity index (χ1v) is 5.53. The molecule has 1 aromatic carbocycles. The fourth-order valence-corrected chi connectivity index (χ4v) is 1.34. The Morgan fingerprint density at radius 3 is 2.61 bits per heavy atom. The van der Waals surface area contributed by atoms with E-state index in [2.05, 4.69) is 15.3 Å². The Labute approximate surface area is 103 Å². The summed E-state index contributed by atoms with van der Waals surface area (Å²) in [5.41, 5.74) is 3.11. The van der Waals surface area contributed by atoms with Gasteiger partial charge < -0.3 is 4.74 Å². The zero-order valence-corrected chi connectivity index (χ0v) is 9.48. The van der Waals surface area contributed by atoms with Crippen molar-refractivity contribution in [3.63, 3.8) is 0 Å². The standard InChI is InChI=1S/C12H12F2N2O2/c13-12(14)18-10-5-1-8(2-6-10)7-15-16-11(17)9-3-4-9/h1-2,5-7,9,12H,3-4H2,(H,16,17). The van der Waals surface area contributed by atoms with Gasteiger partial charge in [-0.25, -0.2) is 5.43 Å². The first-order valence-electron chi connectivity index (χ1n) is 5.53. The lowest BCUT2D eigenvalue weighted by molar-refractivity contribution is -0.122. The van der Waals surface area contributed by atoms with Crippen LogP contribution in [-0.4, -0.2) is 18.7 Å². The molecule has 0 radical (unpaired) electrons. The molecule has 0 aromatic heterocycles. The van der Waals surface area contributed by atoms with Crippen LogP contribution in [0, 0.1) is 5.92 Å². The average Bonchev–Trinajstić information content (AvgIpc) is 3.14. The molecule has 4 nitrogen and oxygen atoms in total. The fraction of sp³-hybridized carbons (Fsp3) is 0.333. The molecule has 0 saturated heterocycles. The van der Waals surface area contributed by atoms with Crippen LogP contribution in [0.5, 0.6) is 5.75 Å². The van der Waals surface area contributed by atoms with Crippen LogP contribution < -0.4 is 10.2 Å². The van der Waals surface area contributed by atoms with Crippen molar-refractivity contribution in [1.82, 2.24) is 5.43 Å². The third kappa shape index (κ3) is 3.80. The summed E-state index contributed by atoms with van der Waals surface area (Å²) in [4.78, 5) is 11.2. The lowest BCUT2D eigenvalue weighted by Crippen LogP contribution is -2.18. The van der Waals surface area contributed by atoms with E-state index < -0.39 is 6.61 Å². The monoisotopic (exact) mass is 254 g/mol. The van der Waals surface area contributed by atoms with Crippen molar-refractivity contribution in [1.29, 1.82) is 0 Å². The van der Waals surface area contributed by atoms with Gasteiger partial charge in [0.15, 0.2) is 0 Å². The first-order chi connectivity index (χ1) is 8.65. The topological polar surface area (TPSA) is 50.7 Å². The quantitative estimate of drug-likeness (QED) is 0.646. The van der Waals surface area contributed by atoms with Gasteiger partial charge in [-0.15, -0.1) is 0 Å². The van der Waals surface area contributed by atoms with Gasteiger partial charge in [-0.1, -0.05) is 0 Å². The number of hydrogen-bond acceptors (Lipinski definition) is 3. The van der Waals surface area contributed by atoms with Gasteiger partial charge in [-0.2, -0.15) is 13.9 Å². The molecule has 0 heterocycles. The molecule has 0 atom stereocenters. The maximum Gasteiger partial charge on any atom is 0.387 e. The van der Waals surface area contributed by atoms with Crippen molar-refractivity contribution in [3.8, 4) is 5.75 Å². The summed E-state index contributed by atoms with van der Waals surface area (Å²) in [6.07, 6.45) is 3.29. The normalized spacial score (nSPS) is 15.1. The summed E-state index contributed by atoms with van der Waals surface area (Å²) in [6, 6.07) is 5.97. The highest BCUT2D eigenvalue weighted by Gasteiger charge is 2.29. The summed E-state index contributed by atoms with van der Waals surface area (Å²) in [7, 11) is 0. The Morgan fingerprint density at radius 2 is 2.06 bits per heavy atom. The second kappa shape index (κ2) is 5.57. The maximum atomic E-state index is 11.9. The minimum atomic E-state index is -2.83. The van der Waals surface area contributed by atoms with Crippen LogP contribution in [0.15, 0.2) is 29.4 Å². The third-order valence-electron chi connectivity index (χ3n) is 2.44. The molecule has 1 fully saturated rings. The summed E-state index contributed by atoms with van der Waals surface area (Å²) in [6.45, 7) is -2.83. The second-order valence-electron chi connectivity index (χ2n) is 3.96. The molecule has 0 aliphatic heterocycles. The van der Waals surface area contributed by atoms with Gasteiger partial charge in [0.05, 0.1) is 6.21 Å². The number of nitrogens with zero attached hydrogens (tertiary/aromatic N) is 1. The highest BCUT2D eigenvalue weighted by atomic mass is 19.3. The fourth-order valence-electron chi connectivity index (χ4n) is 1.34. The van der Waals surface area contributed by atoms with Crippen molar-refractivity contribution >= 4 is 12.1 Å². The molecule has 6 heteroatoms. The van der Waals surface area contributed by atoms with E-state index in [-0.39, 0.29) is 17.6 Å². The Balaban J connectivity index is 1.85. The van der Waals surface area contributed by atoms with Crippen LogP contribution in [0.2, 0.25) is 0 Å². The van der Waals surface area contributed by atoms with Crippen LogP contribution in [-0.2, 0) is 4.79 Å². The number of halogens is 2. The van der Waals surface area contributed by atoms with Gasteiger partial charge in [0.2, 0.25) is 5.91 Å². The molecule has 0 unspecified atom stereocenters. The number of nitrogens with one attached hydrogen (secondary N) is 1. The third-order valence-corrected chi connectivity index (χ3v) is 2.44. The summed E-state index contributed by atoms with van der Waals surface area (Å²) in [5.74, 6) is 0.108. The molecule has 18 heavy (non-hydrogen) atoms. The molecular weight excluding hydrogens is 242 g/mol. The van der Waals surface area contributed by atoms with Gasteiger partial charge in [0.25, 0.3) is 0 Å². The Kier molecular flexibility index (Phi) is 3.86. The van der Waals surface area contributed by atoms with E-state index in [4.69, 9.17) is 0 Å². The number of alkyl halides is 2. The lowest BCUT2D eigenvalue weighted by atomic mass is 10.2. The molecule has 1 aliphatic carbocycles. The predicted molar refractivity (Wildman–Crippen MR) is 61.5 cm³/mol. The van der Waals surface area contributed by atoms with Gasteiger partial charge in [-0.05, 0) is 42.7 Å². The summed E-state index contributed by atoms with van der Waals surface area (Å²) in [5, 5.41) is 3.78. The molecule has 0 bridgehead atoms. The molecule has 96 valence electrons. The number of hydrazone groups is 1. The van der Waals surface area contributed by atoms with E-state index in [1.165, 1.54) is 18.3 Å². The van der Waals surface area contributed by atoms with E-state index in [1.807, 2.05) is 0 Å². The van der Waals surface area contributed by atoms with Crippen molar-refractivity contribution in [2.24, 2.45) is 11.0 Å². The number of rotatable bonds is 5. The number of carbonyl (C=O) groups is 1. The molecule has 1 aliphatic rings. The van der Waals surface area contributed by atoms with Crippen LogP contribution in [0.1, 0.15) is 18.4 Å². The van der Waals surface area contributed by atoms with Crippen molar-refractivity contribution < 1.29 is 18.3 Å². The summed E-state index contributed by atoms with van der Waals surface area (Å²) >= 11 is 0. The largest absolute Gasteiger partial charge is 0.435 e. The minimum absolute atomic E-state index is 0.0797. The maximum absolute atomic E-state index is 11.9. The number of benzene rings is 1. The predicted octanol–water partition coefficient (Wildman–Crippen LogP) is 2.15. The number of carbonyl (C=O) groups excluding carboxylic acids is 1. The Hall–Kier alpha value is -1.98. The van der Waals surface area contributed by atoms with Gasteiger partial charge in [0, 0.05) is 5.92 Å². The molecule has 0 spiro atoms. The van der Waals surface area contributed by atoms with Crippen LogP contribution >= 0.6 is 0 Å². The van der Waals surface area contributed by atoms with E-state index in [0.29, 0.717) is 5.56 Å².